The van der Waals surface area contributed by atoms with Gasteiger partial charge in [-0.2, -0.15) is 0 Å². The van der Waals surface area contributed by atoms with Crippen LogP contribution >= 0.6 is 0 Å². The number of rotatable bonds is 1. The molecule has 0 bridgehead atoms. The van der Waals surface area contributed by atoms with Gasteiger partial charge in [0.25, 0.3) is 6.29 Å². The van der Waals surface area contributed by atoms with E-state index in [1.165, 1.54) is 12.1 Å². The SMILES string of the molecule is Fc1cccc(C2Oc3ccccc3O2)c1. The first-order valence-corrected chi connectivity index (χ1v) is 5.01. The number of hydrogen-bond acceptors (Lipinski definition) is 2. The van der Waals surface area contributed by atoms with Crippen molar-refractivity contribution in [2.75, 3.05) is 0 Å². The van der Waals surface area contributed by atoms with Gasteiger partial charge in [0.1, 0.15) is 5.82 Å². The molecule has 0 saturated heterocycles. The van der Waals surface area contributed by atoms with Crippen LogP contribution in [0.3, 0.4) is 0 Å². The van der Waals surface area contributed by atoms with Crippen molar-refractivity contribution in [2.45, 2.75) is 6.29 Å². The zero-order valence-electron chi connectivity index (χ0n) is 8.39. The highest BCUT2D eigenvalue weighted by Gasteiger charge is 2.25. The smallest absolute Gasteiger partial charge is 0.268 e. The van der Waals surface area contributed by atoms with Gasteiger partial charge in [0.2, 0.25) is 0 Å². The first-order chi connectivity index (χ1) is 7.83. The van der Waals surface area contributed by atoms with Crippen molar-refractivity contribution in [1.29, 1.82) is 0 Å². The average Bonchev–Trinajstić information content (AvgIpc) is 2.72. The largest absolute Gasteiger partial charge is 0.447 e. The summed E-state index contributed by atoms with van der Waals surface area (Å²) in [5, 5.41) is 0. The van der Waals surface area contributed by atoms with Gasteiger partial charge < -0.3 is 9.47 Å². The summed E-state index contributed by atoms with van der Waals surface area (Å²) in [4.78, 5) is 0. The van der Waals surface area contributed by atoms with E-state index in [1.54, 1.807) is 12.1 Å². The summed E-state index contributed by atoms with van der Waals surface area (Å²) in [5.74, 6) is 1.09. The Morgan fingerprint density at radius 2 is 1.56 bits per heavy atom. The molecule has 3 heteroatoms. The van der Waals surface area contributed by atoms with Gasteiger partial charge in [-0.3, -0.25) is 0 Å². The lowest BCUT2D eigenvalue weighted by atomic mass is 10.2. The van der Waals surface area contributed by atoms with Gasteiger partial charge in [0.05, 0.1) is 0 Å². The van der Waals surface area contributed by atoms with Crippen LogP contribution in [0.5, 0.6) is 11.5 Å². The lowest BCUT2D eigenvalue weighted by molar-refractivity contribution is 0.0484. The molecule has 0 spiro atoms. The molecule has 3 rings (SSSR count). The molecule has 1 aliphatic heterocycles. The molecular formula is C13H9FO2. The van der Waals surface area contributed by atoms with Crippen molar-refractivity contribution in [2.24, 2.45) is 0 Å². The fraction of sp³-hybridized carbons (Fsp3) is 0.0769. The highest BCUT2D eigenvalue weighted by molar-refractivity contribution is 5.42. The molecule has 1 heterocycles. The second-order valence-corrected chi connectivity index (χ2v) is 3.57. The average molecular weight is 216 g/mol. The van der Waals surface area contributed by atoms with E-state index in [4.69, 9.17) is 9.47 Å². The number of hydrogen-bond donors (Lipinski definition) is 0. The highest BCUT2D eigenvalue weighted by Crippen LogP contribution is 2.39. The summed E-state index contributed by atoms with van der Waals surface area (Å²) in [6.45, 7) is 0. The van der Waals surface area contributed by atoms with Crippen LogP contribution in [-0.4, -0.2) is 0 Å². The number of para-hydroxylation sites is 2. The number of fused-ring (bicyclic) bond motifs is 1. The third-order valence-electron chi connectivity index (χ3n) is 2.44. The van der Waals surface area contributed by atoms with Crippen molar-refractivity contribution in [3.63, 3.8) is 0 Å². The monoisotopic (exact) mass is 216 g/mol. The third-order valence-corrected chi connectivity index (χ3v) is 2.44. The van der Waals surface area contributed by atoms with E-state index < -0.39 is 6.29 Å². The number of benzene rings is 2. The Kier molecular flexibility index (Phi) is 2.03. The zero-order valence-corrected chi connectivity index (χ0v) is 8.39. The molecule has 0 N–H and O–H groups in total. The second-order valence-electron chi connectivity index (χ2n) is 3.57. The Morgan fingerprint density at radius 3 is 2.19 bits per heavy atom. The Bertz CT molecular complexity index is 500. The first-order valence-electron chi connectivity index (χ1n) is 5.01. The molecule has 0 aliphatic carbocycles. The van der Waals surface area contributed by atoms with Crippen LogP contribution in [0.2, 0.25) is 0 Å². The zero-order chi connectivity index (χ0) is 11.0. The minimum absolute atomic E-state index is 0.291. The van der Waals surface area contributed by atoms with Gasteiger partial charge in [-0.1, -0.05) is 24.3 Å². The summed E-state index contributed by atoms with van der Waals surface area (Å²) in [6, 6.07) is 13.6. The summed E-state index contributed by atoms with van der Waals surface area (Å²) >= 11 is 0. The second kappa shape index (κ2) is 3.52. The van der Waals surface area contributed by atoms with Crippen LogP contribution in [0.4, 0.5) is 4.39 Å². The maximum Gasteiger partial charge on any atom is 0.268 e. The van der Waals surface area contributed by atoms with Crippen LogP contribution in [-0.2, 0) is 0 Å². The van der Waals surface area contributed by atoms with Crippen molar-refractivity contribution >= 4 is 0 Å². The molecule has 0 fully saturated rings. The molecule has 0 aromatic heterocycles. The molecule has 16 heavy (non-hydrogen) atoms. The third kappa shape index (κ3) is 1.50. The maximum atomic E-state index is 13.0. The number of ether oxygens (including phenoxy) is 2. The highest BCUT2D eigenvalue weighted by atomic mass is 19.1. The molecule has 0 unspecified atom stereocenters. The van der Waals surface area contributed by atoms with E-state index in [1.807, 2.05) is 24.3 Å². The van der Waals surface area contributed by atoms with Crippen LogP contribution < -0.4 is 9.47 Å². The van der Waals surface area contributed by atoms with E-state index >= 15 is 0 Å². The van der Waals surface area contributed by atoms with E-state index in [-0.39, 0.29) is 5.82 Å². The van der Waals surface area contributed by atoms with Crippen LogP contribution in [0, 0.1) is 5.82 Å². The minimum Gasteiger partial charge on any atom is -0.447 e. The fourth-order valence-electron chi connectivity index (χ4n) is 1.69. The normalized spacial score (nSPS) is 14.1. The summed E-state index contributed by atoms with van der Waals surface area (Å²) in [6.07, 6.45) is -0.548. The van der Waals surface area contributed by atoms with Gasteiger partial charge in [-0.25, -0.2) is 4.39 Å². The fourth-order valence-corrected chi connectivity index (χ4v) is 1.69. The Balaban J connectivity index is 1.91. The van der Waals surface area contributed by atoms with Crippen LogP contribution in [0.25, 0.3) is 0 Å². The standard InChI is InChI=1S/C13H9FO2/c14-10-5-3-4-9(8-10)13-15-11-6-1-2-7-12(11)16-13/h1-8,13H. The maximum absolute atomic E-state index is 13.0. The van der Waals surface area contributed by atoms with Gasteiger partial charge in [-0.15, -0.1) is 0 Å². The van der Waals surface area contributed by atoms with E-state index in [9.17, 15) is 4.39 Å². The van der Waals surface area contributed by atoms with Gasteiger partial charge >= 0.3 is 0 Å². The van der Waals surface area contributed by atoms with Crippen LogP contribution in [0.15, 0.2) is 48.5 Å². The predicted molar refractivity (Wildman–Crippen MR) is 56.8 cm³/mol. The molecule has 2 nitrogen and oxygen atoms in total. The summed E-state index contributed by atoms with van der Waals surface area (Å²) < 4.78 is 24.2. The van der Waals surface area contributed by atoms with Crippen molar-refractivity contribution in [3.8, 4) is 11.5 Å². The number of halogens is 1. The van der Waals surface area contributed by atoms with Gasteiger partial charge in [0.15, 0.2) is 11.5 Å². The molecule has 0 amide bonds. The first kappa shape index (κ1) is 9.21. The van der Waals surface area contributed by atoms with Gasteiger partial charge in [0, 0.05) is 5.56 Å². The molecule has 0 saturated carbocycles. The molecule has 0 radical (unpaired) electrons. The van der Waals surface area contributed by atoms with Crippen molar-refractivity contribution in [1.82, 2.24) is 0 Å². The molecule has 80 valence electrons. The lowest BCUT2D eigenvalue weighted by Crippen LogP contribution is -2.07. The van der Waals surface area contributed by atoms with E-state index in [2.05, 4.69) is 0 Å². The quantitative estimate of drug-likeness (QED) is 0.728. The minimum atomic E-state index is -0.548. The van der Waals surface area contributed by atoms with E-state index in [0.29, 0.717) is 17.1 Å². The Hall–Kier alpha value is -2.03. The Labute approximate surface area is 92.2 Å². The predicted octanol–water partition coefficient (Wildman–Crippen LogP) is 3.30. The molecular weight excluding hydrogens is 207 g/mol. The summed E-state index contributed by atoms with van der Waals surface area (Å²) in [7, 11) is 0. The molecule has 2 aromatic rings. The van der Waals surface area contributed by atoms with Crippen molar-refractivity contribution < 1.29 is 13.9 Å². The Morgan fingerprint density at radius 1 is 0.875 bits per heavy atom. The lowest BCUT2D eigenvalue weighted by Gasteiger charge is -2.09. The van der Waals surface area contributed by atoms with E-state index in [0.717, 1.165) is 0 Å². The molecule has 0 atom stereocenters. The summed E-state index contributed by atoms with van der Waals surface area (Å²) in [5.41, 5.74) is 0.677. The molecule has 2 aromatic carbocycles. The topological polar surface area (TPSA) is 18.5 Å². The molecule has 1 aliphatic rings. The van der Waals surface area contributed by atoms with Gasteiger partial charge in [-0.05, 0) is 24.3 Å². The van der Waals surface area contributed by atoms with Crippen molar-refractivity contribution in [3.05, 3.63) is 59.9 Å². The van der Waals surface area contributed by atoms with Crippen LogP contribution in [0.1, 0.15) is 11.9 Å².